The molecule has 0 unspecified atom stereocenters. The van der Waals surface area contributed by atoms with E-state index >= 15 is 0 Å². The van der Waals surface area contributed by atoms with E-state index in [2.05, 4.69) is 20.5 Å². The summed E-state index contributed by atoms with van der Waals surface area (Å²) in [6.45, 7) is 8.38. The average molecular weight is 516 g/mol. The molecule has 0 radical (unpaired) electrons. The van der Waals surface area contributed by atoms with Gasteiger partial charge in [-0.15, -0.1) is 0 Å². The molecular formula is C25H33N5O5S. The molecule has 0 aliphatic carbocycles. The van der Waals surface area contributed by atoms with E-state index in [-0.39, 0.29) is 23.1 Å². The maximum Gasteiger partial charge on any atom is 0.256 e. The summed E-state index contributed by atoms with van der Waals surface area (Å²) in [6, 6.07) is 4.60. The summed E-state index contributed by atoms with van der Waals surface area (Å²) in [5, 5.41) is 5.78. The Hall–Kier alpha value is -2.99. The fourth-order valence-corrected chi connectivity index (χ4v) is 5.38. The number of nitrogens with one attached hydrogen (secondary N) is 3. The average Bonchev–Trinajstić information content (AvgIpc) is 3.29. The number of nitrogens with zero attached hydrogens (tertiary/aromatic N) is 2. The summed E-state index contributed by atoms with van der Waals surface area (Å²) in [4.78, 5) is 31.0. The maximum absolute atomic E-state index is 12.7. The number of amides is 2. The molecule has 194 valence electrons. The number of morpholine rings is 1. The second-order valence-corrected chi connectivity index (χ2v) is 11.4. The first-order chi connectivity index (χ1) is 17.1. The van der Waals surface area contributed by atoms with Gasteiger partial charge in [0.05, 0.1) is 30.1 Å². The lowest BCUT2D eigenvalue weighted by molar-refractivity contribution is -0.120. The second-order valence-electron chi connectivity index (χ2n) is 9.25. The number of hydrogen-bond donors (Lipinski definition) is 3. The van der Waals surface area contributed by atoms with Crippen molar-refractivity contribution in [2.75, 3.05) is 58.8 Å². The number of fused-ring (bicyclic) bond motifs is 1. The molecule has 11 heteroatoms. The highest BCUT2D eigenvalue weighted by Gasteiger charge is 2.28. The van der Waals surface area contributed by atoms with Gasteiger partial charge in [0, 0.05) is 62.9 Å². The summed E-state index contributed by atoms with van der Waals surface area (Å²) < 4.78 is 31.7. The topological polar surface area (TPSA) is 124 Å². The molecule has 1 aromatic heterocycles. The van der Waals surface area contributed by atoms with Gasteiger partial charge in [-0.2, -0.15) is 0 Å². The minimum atomic E-state index is -3.65. The number of sulfonamides is 1. The Morgan fingerprint density at radius 2 is 1.94 bits per heavy atom. The molecule has 10 nitrogen and oxygen atoms in total. The van der Waals surface area contributed by atoms with Gasteiger partial charge in [-0.05, 0) is 49.2 Å². The first kappa shape index (κ1) is 26.1. The Balaban J connectivity index is 1.51. The van der Waals surface area contributed by atoms with E-state index in [0.717, 1.165) is 54.0 Å². The monoisotopic (exact) mass is 515 g/mol. The van der Waals surface area contributed by atoms with E-state index in [9.17, 15) is 18.0 Å². The lowest BCUT2D eigenvalue weighted by Gasteiger charge is -2.26. The molecule has 0 atom stereocenters. The molecule has 36 heavy (non-hydrogen) atoms. The molecule has 3 N–H and O–H groups in total. The van der Waals surface area contributed by atoms with E-state index in [0.29, 0.717) is 29.1 Å². The Labute approximate surface area is 211 Å². The Bertz CT molecular complexity index is 1310. The fourth-order valence-electron chi connectivity index (χ4n) is 4.45. The number of aryl methyl sites for hydroxylation is 1. The second kappa shape index (κ2) is 10.6. The minimum Gasteiger partial charge on any atom is -0.379 e. The number of anilines is 1. The number of benzene rings is 1. The Morgan fingerprint density at radius 3 is 2.64 bits per heavy atom. The summed E-state index contributed by atoms with van der Waals surface area (Å²) in [5.41, 5.74) is 4.77. The van der Waals surface area contributed by atoms with Crippen LogP contribution in [0.1, 0.15) is 28.1 Å². The van der Waals surface area contributed by atoms with E-state index < -0.39 is 10.0 Å². The maximum atomic E-state index is 12.7. The van der Waals surface area contributed by atoms with Crippen molar-refractivity contribution >= 4 is 39.2 Å². The highest BCUT2D eigenvalue weighted by atomic mass is 32.2. The lowest BCUT2D eigenvalue weighted by atomic mass is 10.0. The number of carbonyl (C=O) groups excluding carboxylic acids is 2. The zero-order valence-corrected chi connectivity index (χ0v) is 21.9. The standard InChI is InChI=1S/C25H33N5O5S/c1-16-19(15-24(31)26-7-8-30-9-11-35-12-10-30)17(2)27-23(16)14-21-20-13-18(36(33,34)29(3)4)5-6-22(20)28-25(21)32/h5-6,13-14,27H,7-12,15H2,1-4H3,(H,26,31)(H,28,32). The Kier molecular flexibility index (Phi) is 7.65. The normalized spacial score (nSPS) is 17.5. The van der Waals surface area contributed by atoms with Gasteiger partial charge in [-0.1, -0.05) is 0 Å². The third-order valence-electron chi connectivity index (χ3n) is 6.66. The zero-order chi connectivity index (χ0) is 26.0. The minimum absolute atomic E-state index is 0.0600. The molecule has 1 fully saturated rings. The highest BCUT2D eigenvalue weighted by molar-refractivity contribution is 7.89. The SMILES string of the molecule is Cc1[nH]c(C=C2C(=O)Nc3ccc(S(=O)(=O)N(C)C)cc32)c(C)c1CC(=O)NCCN1CCOCC1. The third-order valence-corrected chi connectivity index (χ3v) is 8.48. The molecule has 0 saturated carbocycles. The van der Waals surface area contributed by atoms with Crippen LogP contribution in [0.5, 0.6) is 0 Å². The van der Waals surface area contributed by atoms with Crippen molar-refractivity contribution in [3.05, 3.63) is 46.3 Å². The molecular weight excluding hydrogens is 482 g/mol. The van der Waals surface area contributed by atoms with Crippen molar-refractivity contribution in [1.82, 2.24) is 19.5 Å². The van der Waals surface area contributed by atoms with Gasteiger partial charge in [0.1, 0.15) is 0 Å². The van der Waals surface area contributed by atoms with Gasteiger partial charge in [-0.3, -0.25) is 14.5 Å². The number of aromatic amines is 1. The fraction of sp³-hybridized carbons (Fsp3) is 0.440. The molecule has 2 aliphatic heterocycles. The molecule has 3 heterocycles. The van der Waals surface area contributed by atoms with Crippen LogP contribution in [-0.4, -0.2) is 87.9 Å². The van der Waals surface area contributed by atoms with Gasteiger partial charge < -0.3 is 20.4 Å². The van der Waals surface area contributed by atoms with Crippen molar-refractivity contribution < 1.29 is 22.7 Å². The van der Waals surface area contributed by atoms with Crippen LogP contribution in [-0.2, 0) is 30.8 Å². The van der Waals surface area contributed by atoms with Crippen LogP contribution >= 0.6 is 0 Å². The molecule has 0 spiro atoms. The molecule has 1 aromatic carbocycles. The van der Waals surface area contributed by atoms with Crippen LogP contribution in [0.15, 0.2) is 23.1 Å². The molecule has 2 aromatic rings. The van der Waals surface area contributed by atoms with Crippen molar-refractivity contribution in [2.45, 2.75) is 25.2 Å². The first-order valence-corrected chi connectivity index (χ1v) is 13.4. The van der Waals surface area contributed by atoms with Crippen LogP contribution in [0.2, 0.25) is 0 Å². The van der Waals surface area contributed by atoms with Gasteiger partial charge in [0.15, 0.2) is 0 Å². The molecule has 2 aliphatic rings. The molecule has 1 saturated heterocycles. The van der Waals surface area contributed by atoms with Crippen molar-refractivity contribution in [2.24, 2.45) is 0 Å². The largest absolute Gasteiger partial charge is 0.379 e. The van der Waals surface area contributed by atoms with Crippen LogP contribution in [0.3, 0.4) is 0 Å². The van der Waals surface area contributed by atoms with Crippen molar-refractivity contribution in [3.8, 4) is 0 Å². The van der Waals surface area contributed by atoms with Crippen molar-refractivity contribution in [3.63, 3.8) is 0 Å². The molecule has 2 amide bonds. The molecule has 0 bridgehead atoms. The summed E-state index contributed by atoms with van der Waals surface area (Å²) in [6.07, 6.45) is 1.95. The zero-order valence-electron chi connectivity index (χ0n) is 21.1. The van der Waals surface area contributed by atoms with Gasteiger partial charge >= 0.3 is 0 Å². The first-order valence-electron chi connectivity index (χ1n) is 11.9. The van der Waals surface area contributed by atoms with Crippen LogP contribution in [0, 0.1) is 13.8 Å². The van der Waals surface area contributed by atoms with Gasteiger partial charge in [-0.25, -0.2) is 12.7 Å². The van der Waals surface area contributed by atoms with E-state index in [1.807, 2.05) is 13.8 Å². The highest BCUT2D eigenvalue weighted by Crippen LogP contribution is 2.36. The number of rotatable bonds is 8. The number of carbonyl (C=O) groups is 2. The van der Waals surface area contributed by atoms with Crippen molar-refractivity contribution in [1.29, 1.82) is 0 Å². The van der Waals surface area contributed by atoms with E-state index in [1.54, 1.807) is 12.1 Å². The van der Waals surface area contributed by atoms with Gasteiger partial charge in [0.25, 0.3) is 5.91 Å². The number of hydrogen-bond acceptors (Lipinski definition) is 6. The number of aromatic nitrogens is 1. The summed E-state index contributed by atoms with van der Waals surface area (Å²) in [5.74, 6) is -0.367. The summed E-state index contributed by atoms with van der Waals surface area (Å²) in [7, 11) is -0.713. The van der Waals surface area contributed by atoms with E-state index in [4.69, 9.17) is 4.74 Å². The lowest BCUT2D eigenvalue weighted by Crippen LogP contribution is -2.41. The third kappa shape index (κ3) is 5.39. The van der Waals surface area contributed by atoms with Crippen LogP contribution in [0.25, 0.3) is 11.6 Å². The quantitative estimate of drug-likeness (QED) is 0.456. The summed E-state index contributed by atoms with van der Waals surface area (Å²) >= 11 is 0. The van der Waals surface area contributed by atoms with E-state index in [1.165, 1.54) is 26.2 Å². The van der Waals surface area contributed by atoms with Gasteiger partial charge in [0.2, 0.25) is 15.9 Å². The smallest absolute Gasteiger partial charge is 0.256 e. The Morgan fingerprint density at radius 1 is 1.22 bits per heavy atom. The molecule has 4 rings (SSSR count). The van der Waals surface area contributed by atoms with Crippen LogP contribution in [0.4, 0.5) is 5.69 Å². The predicted molar refractivity (Wildman–Crippen MR) is 138 cm³/mol. The predicted octanol–water partition coefficient (Wildman–Crippen LogP) is 1.37. The number of ether oxygens (including phenoxy) is 1. The number of H-pyrrole nitrogens is 1. The van der Waals surface area contributed by atoms with Crippen LogP contribution < -0.4 is 10.6 Å².